The van der Waals surface area contributed by atoms with Gasteiger partial charge in [-0.3, -0.25) is 4.98 Å². The first-order valence-corrected chi connectivity index (χ1v) is 4.48. The highest BCUT2D eigenvalue weighted by Gasteiger charge is 1.94. The standard InChI is InChI=1S/C11H11N3/c12-7-3-4-9-8-13-10-5-1-2-6-11(10)14-9/h1-6,8H,7,12H2. The maximum atomic E-state index is 5.35. The van der Waals surface area contributed by atoms with Crippen molar-refractivity contribution in [3.8, 4) is 0 Å². The van der Waals surface area contributed by atoms with Crippen molar-refractivity contribution in [3.05, 3.63) is 42.2 Å². The second-order valence-corrected chi connectivity index (χ2v) is 2.92. The van der Waals surface area contributed by atoms with Gasteiger partial charge in [0.05, 0.1) is 22.9 Å². The Hall–Kier alpha value is -1.74. The Morgan fingerprint density at radius 1 is 1.21 bits per heavy atom. The first kappa shape index (κ1) is 8.84. The highest BCUT2D eigenvalue weighted by molar-refractivity contribution is 5.74. The summed E-state index contributed by atoms with van der Waals surface area (Å²) in [4.78, 5) is 8.69. The molecule has 70 valence electrons. The summed E-state index contributed by atoms with van der Waals surface area (Å²) in [5.41, 5.74) is 8.02. The molecule has 3 nitrogen and oxygen atoms in total. The SMILES string of the molecule is NCC=Cc1cnc2ccccc2n1. The molecule has 1 aromatic carbocycles. The predicted octanol–water partition coefficient (Wildman–Crippen LogP) is 1.60. The van der Waals surface area contributed by atoms with Gasteiger partial charge in [-0.2, -0.15) is 0 Å². The Kier molecular flexibility index (Phi) is 2.51. The van der Waals surface area contributed by atoms with Gasteiger partial charge in [0.15, 0.2) is 0 Å². The molecular weight excluding hydrogens is 174 g/mol. The first-order chi connectivity index (χ1) is 6.90. The zero-order chi connectivity index (χ0) is 9.80. The van der Waals surface area contributed by atoms with E-state index in [4.69, 9.17) is 5.73 Å². The van der Waals surface area contributed by atoms with Crippen LogP contribution in [0, 0.1) is 0 Å². The number of hydrogen-bond acceptors (Lipinski definition) is 3. The fourth-order valence-electron chi connectivity index (χ4n) is 1.24. The van der Waals surface area contributed by atoms with Crippen LogP contribution in [0.2, 0.25) is 0 Å². The lowest BCUT2D eigenvalue weighted by Gasteiger charge is -1.96. The van der Waals surface area contributed by atoms with Crippen molar-refractivity contribution in [2.24, 2.45) is 5.73 Å². The summed E-state index contributed by atoms with van der Waals surface area (Å²) in [6.45, 7) is 0.522. The van der Waals surface area contributed by atoms with E-state index in [2.05, 4.69) is 9.97 Å². The number of hydrogen-bond donors (Lipinski definition) is 1. The maximum absolute atomic E-state index is 5.35. The van der Waals surface area contributed by atoms with Gasteiger partial charge in [-0.1, -0.05) is 18.2 Å². The summed E-state index contributed by atoms with van der Waals surface area (Å²) in [6, 6.07) is 7.79. The summed E-state index contributed by atoms with van der Waals surface area (Å²) in [5, 5.41) is 0. The molecular formula is C11H11N3. The summed E-state index contributed by atoms with van der Waals surface area (Å²) in [7, 11) is 0. The van der Waals surface area contributed by atoms with Crippen molar-refractivity contribution in [3.63, 3.8) is 0 Å². The summed E-state index contributed by atoms with van der Waals surface area (Å²) in [5.74, 6) is 0. The van der Waals surface area contributed by atoms with E-state index in [0.717, 1.165) is 16.7 Å². The van der Waals surface area contributed by atoms with Crippen LogP contribution in [-0.4, -0.2) is 16.5 Å². The summed E-state index contributed by atoms with van der Waals surface area (Å²) < 4.78 is 0. The zero-order valence-corrected chi connectivity index (χ0v) is 7.72. The van der Waals surface area contributed by atoms with Gasteiger partial charge < -0.3 is 5.73 Å². The molecule has 0 amide bonds. The predicted molar refractivity (Wildman–Crippen MR) is 57.6 cm³/mol. The van der Waals surface area contributed by atoms with Crippen molar-refractivity contribution in [2.45, 2.75) is 0 Å². The average Bonchev–Trinajstić information content (AvgIpc) is 2.26. The smallest absolute Gasteiger partial charge is 0.0894 e. The molecule has 0 unspecified atom stereocenters. The van der Waals surface area contributed by atoms with E-state index < -0.39 is 0 Å². The van der Waals surface area contributed by atoms with Gasteiger partial charge in [-0.25, -0.2) is 4.98 Å². The van der Waals surface area contributed by atoms with E-state index in [-0.39, 0.29) is 0 Å². The number of aromatic nitrogens is 2. The fraction of sp³-hybridized carbons (Fsp3) is 0.0909. The van der Waals surface area contributed by atoms with E-state index >= 15 is 0 Å². The van der Waals surface area contributed by atoms with Crippen LogP contribution < -0.4 is 5.73 Å². The normalized spacial score (nSPS) is 11.2. The lowest BCUT2D eigenvalue weighted by Crippen LogP contribution is -1.93. The van der Waals surface area contributed by atoms with Crippen LogP contribution in [0.25, 0.3) is 17.1 Å². The number of fused-ring (bicyclic) bond motifs is 1. The Labute approximate surface area is 82.3 Å². The zero-order valence-electron chi connectivity index (χ0n) is 7.72. The second kappa shape index (κ2) is 3.98. The molecule has 0 bridgehead atoms. The van der Waals surface area contributed by atoms with Crippen LogP contribution in [0.4, 0.5) is 0 Å². The van der Waals surface area contributed by atoms with Crippen molar-refractivity contribution in [2.75, 3.05) is 6.54 Å². The molecule has 0 fully saturated rings. The van der Waals surface area contributed by atoms with Gasteiger partial charge in [0.1, 0.15) is 0 Å². The van der Waals surface area contributed by atoms with E-state index in [1.165, 1.54) is 0 Å². The maximum Gasteiger partial charge on any atom is 0.0894 e. The fourth-order valence-corrected chi connectivity index (χ4v) is 1.24. The Bertz CT molecular complexity index is 463. The van der Waals surface area contributed by atoms with Gasteiger partial charge in [0, 0.05) is 6.54 Å². The minimum Gasteiger partial charge on any atom is -0.327 e. The molecule has 1 aromatic heterocycles. The van der Waals surface area contributed by atoms with Crippen molar-refractivity contribution in [1.82, 2.24) is 9.97 Å². The molecule has 0 atom stereocenters. The Balaban J connectivity index is 2.46. The molecule has 0 saturated carbocycles. The van der Waals surface area contributed by atoms with Gasteiger partial charge in [-0.05, 0) is 18.2 Å². The van der Waals surface area contributed by atoms with Crippen LogP contribution in [0.5, 0.6) is 0 Å². The van der Waals surface area contributed by atoms with Crippen LogP contribution in [-0.2, 0) is 0 Å². The van der Waals surface area contributed by atoms with E-state index in [1.807, 2.05) is 36.4 Å². The molecule has 1 heterocycles. The molecule has 0 aliphatic heterocycles. The van der Waals surface area contributed by atoms with Crippen LogP contribution in [0.3, 0.4) is 0 Å². The molecule has 3 heteroatoms. The van der Waals surface area contributed by atoms with Gasteiger partial charge in [0.25, 0.3) is 0 Å². The third-order valence-electron chi connectivity index (χ3n) is 1.89. The molecule has 2 N–H and O–H groups in total. The van der Waals surface area contributed by atoms with E-state index in [1.54, 1.807) is 6.20 Å². The van der Waals surface area contributed by atoms with Crippen LogP contribution >= 0.6 is 0 Å². The molecule has 14 heavy (non-hydrogen) atoms. The van der Waals surface area contributed by atoms with Gasteiger partial charge in [0.2, 0.25) is 0 Å². The van der Waals surface area contributed by atoms with Gasteiger partial charge >= 0.3 is 0 Å². The quantitative estimate of drug-likeness (QED) is 0.773. The second-order valence-electron chi connectivity index (χ2n) is 2.92. The van der Waals surface area contributed by atoms with Crippen molar-refractivity contribution >= 4 is 17.1 Å². The summed E-state index contributed by atoms with van der Waals surface area (Å²) >= 11 is 0. The third-order valence-corrected chi connectivity index (χ3v) is 1.89. The largest absolute Gasteiger partial charge is 0.327 e. The third kappa shape index (κ3) is 1.78. The number of rotatable bonds is 2. The molecule has 0 spiro atoms. The number of benzene rings is 1. The number of para-hydroxylation sites is 2. The Morgan fingerprint density at radius 2 is 2.00 bits per heavy atom. The monoisotopic (exact) mass is 185 g/mol. The topological polar surface area (TPSA) is 51.8 Å². The molecule has 2 rings (SSSR count). The molecule has 0 aliphatic rings. The number of nitrogens with zero attached hydrogens (tertiary/aromatic N) is 2. The number of nitrogens with two attached hydrogens (primary N) is 1. The van der Waals surface area contributed by atoms with Gasteiger partial charge in [-0.15, -0.1) is 0 Å². The lowest BCUT2D eigenvalue weighted by atomic mass is 10.3. The minimum atomic E-state index is 0.522. The van der Waals surface area contributed by atoms with E-state index in [9.17, 15) is 0 Å². The molecule has 0 saturated heterocycles. The van der Waals surface area contributed by atoms with E-state index in [0.29, 0.717) is 6.54 Å². The van der Waals surface area contributed by atoms with Crippen molar-refractivity contribution < 1.29 is 0 Å². The minimum absolute atomic E-state index is 0.522. The highest BCUT2D eigenvalue weighted by Crippen LogP contribution is 2.08. The van der Waals surface area contributed by atoms with Crippen LogP contribution in [0.15, 0.2) is 36.5 Å². The van der Waals surface area contributed by atoms with Crippen molar-refractivity contribution in [1.29, 1.82) is 0 Å². The average molecular weight is 185 g/mol. The first-order valence-electron chi connectivity index (χ1n) is 4.48. The Morgan fingerprint density at radius 3 is 2.79 bits per heavy atom. The molecule has 0 aliphatic carbocycles. The summed E-state index contributed by atoms with van der Waals surface area (Å²) in [6.07, 6.45) is 5.48. The highest BCUT2D eigenvalue weighted by atomic mass is 14.8. The van der Waals surface area contributed by atoms with Crippen LogP contribution in [0.1, 0.15) is 5.69 Å². The molecule has 0 radical (unpaired) electrons. The molecule has 2 aromatic rings. The lowest BCUT2D eigenvalue weighted by molar-refractivity contribution is 1.24.